The minimum Gasteiger partial charge on any atom is -0.482 e. The predicted octanol–water partition coefficient (Wildman–Crippen LogP) is 4.01. The third kappa shape index (κ3) is 2.48. The van der Waals surface area contributed by atoms with Crippen molar-refractivity contribution in [1.82, 2.24) is 4.98 Å². The van der Waals surface area contributed by atoms with E-state index in [9.17, 15) is 10.1 Å². The number of aryl methyl sites for hydroxylation is 1. The topological polar surface area (TPSA) is 65.3 Å². The van der Waals surface area contributed by atoms with E-state index in [0.29, 0.717) is 5.69 Å². The van der Waals surface area contributed by atoms with Crippen LogP contribution in [0.15, 0.2) is 12.1 Å². The molecular formula is C15H19ClN2O3. The van der Waals surface area contributed by atoms with E-state index in [4.69, 9.17) is 16.3 Å². The zero-order valence-corrected chi connectivity index (χ0v) is 12.8. The highest BCUT2D eigenvalue weighted by molar-refractivity contribution is 6.21. The van der Waals surface area contributed by atoms with E-state index in [1.54, 1.807) is 19.1 Å². The Hall–Kier alpha value is -1.36. The predicted molar refractivity (Wildman–Crippen MR) is 79.8 cm³/mol. The number of hydrogen-bond acceptors (Lipinski definition) is 4. The van der Waals surface area contributed by atoms with Crippen molar-refractivity contribution >= 4 is 17.4 Å². The second kappa shape index (κ2) is 5.44. The molecule has 0 amide bonds. The number of nitrogens with zero attached hydrogens (tertiary/aromatic N) is 2. The molecule has 2 fully saturated rings. The molecule has 2 saturated carbocycles. The van der Waals surface area contributed by atoms with Crippen molar-refractivity contribution in [2.45, 2.75) is 56.9 Å². The van der Waals surface area contributed by atoms with Crippen LogP contribution >= 0.6 is 11.6 Å². The van der Waals surface area contributed by atoms with E-state index in [-0.39, 0.29) is 28.5 Å². The van der Waals surface area contributed by atoms with Crippen LogP contribution in [0, 0.1) is 22.5 Å². The Morgan fingerprint density at radius 1 is 1.38 bits per heavy atom. The Bertz CT molecular complexity index is 558. The molecule has 0 N–H and O–H groups in total. The normalized spacial score (nSPS) is 27.1. The van der Waals surface area contributed by atoms with E-state index in [1.807, 2.05) is 0 Å². The number of nitro groups is 1. The molecule has 2 aliphatic rings. The van der Waals surface area contributed by atoms with Crippen LogP contribution in [0.5, 0.6) is 5.75 Å². The van der Waals surface area contributed by atoms with Gasteiger partial charge in [-0.25, -0.2) is 0 Å². The fourth-order valence-corrected chi connectivity index (χ4v) is 4.14. The molecule has 0 aromatic carbocycles. The summed E-state index contributed by atoms with van der Waals surface area (Å²) >= 11 is 6.44. The fraction of sp³-hybridized carbons (Fsp3) is 0.667. The van der Waals surface area contributed by atoms with E-state index in [2.05, 4.69) is 4.98 Å². The number of ether oxygens (including phenoxy) is 1. The summed E-state index contributed by atoms with van der Waals surface area (Å²) in [5.41, 5.74) is 0.615. The minimum absolute atomic E-state index is 0.00143. The average Bonchev–Trinajstić information content (AvgIpc) is 2.49. The van der Waals surface area contributed by atoms with Crippen molar-refractivity contribution in [1.29, 1.82) is 0 Å². The van der Waals surface area contributed by atoms with Gasteiger partial charge in [0.15, 0.2) is 0 Å². The molecule has 0 radical (unpaired) electrons. The van der Waals surface area contributed by atoms with Crippen molar-refractivity contribution in [2.24, 2.45) is 5.41 Å². The van der Waals surface area contributed by atoms with Crippen molar-refractivity contribution in [2.75, 3.05) is 0 Å². The second-order valence-electron chi connectivity index (χ2n) is 6.14. The third-order valence-corrected chi connectivity index (χ3v) is 5.50. The van der Waals surface area contributed by atoms with Crippen LogP contribution in [0.1, 0.15) is 44.2 Å². The van der Waals surface area contributed by atoms with E-state index in [0.717, 1.165) is 32.1 Å². The molecule has 21 heavy (non-hydrogen) atoms. The summed E-state index contributed by atoms with van der Waals surface area (Å²) in [6.07, 6.45) is 6.41. The van der Waals surface area contributed by atoms with Crippen molar-refractivity contribution < 1.29 is 9.66 Å². The highest BCUT2D eigenvalue weighted by atomic mass is 35.5. The second-order valence-corrected chi connectivity index (χ2v) is 6.66. The summed E-state index contributed by atoms with van der Waals surface area (Å²) in [4.78, 5) is 14.6. The molecule has 2 aliphatic carbocycles. The van der Waals surface area contributed by atoms with Gasteiger partial charge in [-0.05, 0) is 34.9 Å². The number of alkyl halides is 1. The summed E-state index contributed by atoms with van der Waals surface area (Å²) in [5.74, 6) is 0.0723. The van der Waals surface area contributed by atoms with Crippen LogP contribution in [0.3, 0.4) is 0 Å². The van der Waals surface area contributed by atoms with Gasteiger partial charge in [-0.15, -0.1) is 11.6 Å². The molecule has 1 aromatic rings. The fourth-order valence-electron chi connectivity index (χ4n) is 3.62. The van der Waals surface area contributed by atoms with Gasteiger partial charge < -0.3 is 14.9 Å². The zero-order valence-electron chi connectivity index (χ0n) is 12.0. The van der Waals surface area contributed by atoms with Crippen LogP contribution in [0.4, 0.5) is 5.82 Å². The molecule has 2 unspecified atom stereocenters. The van der Waals surface area contributed by atoms with Crippen molar-refractivity contribution in [3.63, 3.8) is 0 Å². The van der Waals surface area contributed by atoms with E-state index < -0.39 is 4.92 Å². The lowest BCUT2D eigenvalue weighted by molar-refractivity contribution is -0.391. The molecule has 1 spiro atoms. The summed E-state index contributed by atoms with van der Waals surface area (Å²) in [5, 5.41) is 11.3. The Kier molecular flexibility index (Phi) is 3.78. The van der Waals surface area contributed by atoms with Gasteiger partial charge in [-0.3, -0.25) is 0 Å². The molecule has 1 aromatic heterocycles. The van der Waals surface area contributed by atoms with Gasteiger partial charge in [0.2, 0.25) is 5.75 Å². The molecule has 114 valence electrons. The molecule has 1 heterocycles. The number of aromatic nitrogens is 1. The van der Waals surface area contributed by atoms with Crippen molar-refractivity contribution in [3.8, 4) is 5.75 Å². The summed E-state index contributed by atoms with van der Waals surface area (Å²) in [7, 11) is 0. The first-order valence-electron chi connectivity index (χ1n) is 7.46. The summed E-state index contributed by atoms with van der Waals surface area (Å²) < 4.78 is 5.97. The third-order valence-electron chi connectivity index (χ3n) is 4.89. The monoisotopic (exact) mass is 310 g/mol. The lowest BCUT2D eigenvalue weighted by atomic mass is 9.58. The quantitative estimate of drug-likeness (QED) is 0.480. The molecule has 0 aliphatic heterocycles. The number of hydrogen-bond donors (Lipinski definition) is 0. The van der Waals surface area contributed by atoms with Gasteiger partial charge in [0.05, 0.1) is 0 Å². The van der Waals surface area contributed by atoms with Crippen molar-refractivity contribution in [3.05, 3.63) is 27.9 Å². The molecule has 3 rings (SSSR count). The van der Waals surface area contributed by atoms with Gasteiger partial charge in [-0.2, -0.15) is 0 Å². The first-order chi connectivity index (χ1) is 10.0. The lowest BCUT2D eigenvalue weighted by Gasteiger charge is -2.54. The molecule has 5 nitrogen and oxygen atoms in total. The number of pyridine rings is 1. The van der Waals surface area contributed by atoms with Gasteiger partial charge in [0.25, 0.3) is 0 Å². The van der Waals surface area contributed by atoms with Crippen LogP contribution in [-0.4, -0.2) is 21.4 Å². The van der Waals surface area contributed by atoms with Crippen LogP contribution in [-0.2, 0) is 0 Å². The van der Waals surface area contributed by atoms with Crippen LogP contribution < -0.4 is 4.74 Å². The van der Waals surface area contributed by atoms with Gasteiger partial charge >= 0.3 is 5.82 Å². The molecule has 0 saturated heterocycles. The minimum atomic E-state index is -0.479. The first kappa shape index (κ1) is 14.6. The van der Waals surface area contributed by atoms with Crippen LogP contribution in [0.2, 0.25) is 0 Å². The highest BCUT2D eigenvalue weighted by Crippen LogP contribution is 2.56. The van der Waals surface area contributed by atoms with E-state index >= 15 is 0 Å². The number of rotatable bonds is 3. The number of halogens is 1. The van der Waals surface area contributed by atoms with Gasteiger partial charge in [-0.1, -0.05) is 19.3 Å². The average molecular weight is 311 g/mol. The van der Waals surface area contributed by atoms with Gasteiger partial charge in [0, 0.05) is 24.1 Å². The zero-order chi connectivity index (χ0) is 15.0. The highest BCUT2D eigenvalue weighted by Gasteiger charge is 2.56. The molecule has 0 bridgehead atoms. The largest absolute Gasteiger partial charge is 0.482 e. The maximum atomic E-state index is 11.1. The standard InChI is InChI=1S/C15H19ClN2O3/c1-10-5-6-11(14(17-10)18(19)20)21-13-9-12(16)15(13)7-3-2-4-8-15/h5-6,12-13H,2-4,7-9H2,1H3. The Morgan fingerprint density at radius 3 is 2.71 bits per heavy atom. The Labute approximate surface area is 128 Å². The molecule has 6 heteroatoms. The molecular weight excluding hydrogens is 292 g/mol. The molecule has 2 atom stereocenters. The smallest absolute Gasteiger partial charge is 0.406 e. The first-order valence-corrected chi connectivity index (χ1v) is 7.89. The lowest BCUT2D eigenvalue weighted by Crippen LogP contribution is -2.58. The summed E-state index contributed by atoms with van der Waals surface area (Å²) in [6, 6.07) is 3.39. The van der Waals surface area contributed by atoms with Gasteiger partial charge in [0.1, 0.15) is 11.8 Å². The van der Waals surface area contributed by atoms with E-state index in [1.165, 1.54) is 6.42 Å². The van der Waals surface area contributed by atoms with Crippen LogP contribution in [0.25, 0.3) is 0 Å². The Balaban J connectivity index is 1.82. The summed E-state index contributed by atoms with van der Waals surface area (Å²) in [6.45, 7) is 1.73. The maximum absolute atomic E-state index is 11.1. The SMILES string of the molecule is Cc1ccc(OC2CC(Cl)C23CCCCC3)c([N+](=O)[O-])n1. The Morgan fingerprint density at radius 2 is 2.10 bits per heavy atom. The maximum Gasteiger partial charge on any atom is 0.406 e.